The van der Waals surface area contributed by atoms with Gasteiger partial charge in [0.2, 0.25) is 0 Å². The Hall–Kier alpha value is -1.65. The number of rotatable bonds is 15. The van der Waals surface area contributed by atoms with E-state index in [1.807, 2.05) is 0 Å². The van der Waals surface area contributed by atoms with Gasteiger partial charge in [-0.05, 0) is 32.1 Å². The number of esters is 2. The third-order valence-corrected chi connectivity index (χ3v) is 4.02. The maximum absolute atomic E-state index is 11.2. The van der Waals surface area contributed by atoms with E-state index in [2.05, 4.69) is 23.8 Å². The van der Waals surface area contributed by atoms with Crippen LogP contribution in [0.15, 0.2) is 12.2 Å². The van der Waals surface area contributed by atoms with E-state index in [4.69, 9.17) is 5.11 Å². The van der Waals surface area contributed by atoms with Gasteiger partial charge >= 0.3 is 17.9 Å². The Morgan fingerprint density at radius 3 is 1.76 bits per heavy atom. The molecule has 0 amide bonds. The lowest BCUT2D eigenvalue weighted by atomic mass is 10.1. The molecule has 5 heteroatoms. The lowest BCUT2D eigenvalue weighted by molar-refractivity contribution is -0.170. The van der Waals surface area contributed by atoms with E-state index in [-0.39, 0.29) is 6.42 Å². The van der Waals surface area contributed by atoms with Gasteiger partial charge in [-0.2, -0.15) is 0 Å². The third kappa shape index (κ3) is 17.0. The molecule has 0 aromatic carbocycles. The fraction of sp³-hybridized carbons (Fsp3) is 0.750. The molecule has 0 unspecified atom stereocenters. The molecule has 0 saturated carbocycles. The standard InChI is InChI=1S/C20H34O5/c1-2-3-4-5-6-7-8-9-10-11-12-13-14-15-16-17-18(21)25-20(24)19(22)23/h9-10H,2-8,11-17H2,1H3,(H,22,23). The van der Waals surface area contributed by atoms with Crippen molar-refractivity contribution in [1.29, 1.82) is 0 Å². The minimum Gasteiger partial charge on any atom is -0.473 e. The number of carboxylic acid groups (broad SMARTS) is 1. The summed E-state index contributed by atoms with van der Waals surface area (Å²) < 4.78 is 4.14. The van der Waals surface area contributed by atoms with Crippen molar-refractivity contribution in [2.45, 2.75) is 96.8 Å². The molecule has 0 heterocycles. The van der Waals surface area contributed by atoms with Gasteiger partial charge in [-0.3, -0.25) is 4.79 Å². The highest BCUT2D eigenvalue weighted by atomic mass is 16.6. The van der Waals surface area contributed by atoms with Crippen LogP contribution in [0, 0.1) is 0 Å². The van der Waals surface area contributed by atoms with E-state index in [9.17, 15) is 14.4 Å². The van der Waals surface area contributed by atoms with Crippen LogP contribution in [0.2, 0.25) is 0 Å². The molecule has 0 aliphatic heterocycles. The number of hydrogen-bond acceptors (Lipinski definition) is 4. The SMILES string of the molecule is CCCCCCCCC=CCCCCCCCC(=O)OC(=O)C(=O)O. The molecule has 0 spiro atoms. The number of unbranched alkanes of at least 4 members (excludes halogenated alkanes) is 11. The number of aliphatic carboxylic acids is 1. The van der Waals surface area contributed by atoms with Crippen LogP contribution >= 0.6 is 0 Å². The molecule has 0 atom stereocenters. The Labute approximate surface area is 151 Å². The van der Waals surface area contributed by atoms with Crippen molar-refractivity contribution in [3.63, 3.8) is 0 Å². The molecule has 0 bridgehead atoms. The Balaban J connectivity index is 3.30. The third-order valence-electron chi connectivity index (χ3n) is 4.02. The number of carbonyl (C=O) groups excluding carboxylic acids is 2. The molecule has 144 valence electrons. The summed E-state index contributed by atoms with van der Waals surface area (Å²) in [6.07, 6.45) is 19.8. The largest absolute Gasteiger partial charge is 0.473 e. The van der Waals surface area contributed by atoms with E-state index >= 15 is 0 Å². The van der Waals surface area contributed by atoms with Crippen LogP contribution in [0.25, 0.3) is 0 Å². The smallest absolute Gasteiger partial charge is 0.424 e. The van der Waals surface area contributed by atoms with E-state index in [0.717, 1.165) is 32.1 Å². The van der Waals surface area contributed by atoms with Crippen molar-refractivity contribution in [2.75, 3.05) is 0 Å². The normalized spacial score (nSPS) is 10.9. The number of hydrogen-bond donors (Lipinski definition) is 1. The zero-order valence-electron chi connectivity index (χ0n) is 15.6. The van der Waals surface area contributed by atoms with Crippen LogP contribution in [0.5, 0.6) is 0 Å². The van der Waals surface area contributed by atoms with Gasteiger partial charge in [0.05, 0.1) is 0 Å². The van der Waals surface area contributed by atoms with Crippen molar-refractivity contribution in [2.24, 2.45) is 0 Å². The van der Waals surface area contributed by atoms with Gasteiger partial charge in [-0.15, -0.1) is 0 Å². The highest BCUT2D eigenvalue weighted by molar-refractivity contribution is 6.30. The van der Waals surface area contributed by atoms with Gasteiger partial charge in [0.25, 0.3) is 0 Å². The lowest BCUT2D eigenvalue weighted by Gasteiger charge is -2.01. The molecule has 0 aromatic rings. The molecule has 1 N–H and O–H groups in total. The maximum Gasteiger partial charge on any atom is 0.424 e. The van der Waals surface area contributed by atoms with Gasteiger partial charge in [0, 0.05) is 6.42 Å². The monoisotopic (exact) mass is 354 g/mol. The molecule has 0 aliphatic rings. The van der Waals surface area contributed by atoms with Crippen LogP contribution in [0.4, 0.5) is 0 Å². The van der Waals surface area contributed by atoms with Crippen LogP contribution in [0.1, 0.15) is 96.8 Å². The zero-order valence-corrected chi connectivity index (χ0v) is 15.6. The number of carboxylic acids is 1. The van der Waals surface area contributed by atoms with Gasteiger partial charge in [-0.1, -0.05) is 70.4 Å². The van der Waals surface area contributed by atoms with E-state index in [0.29, 0.717) is 6.42 Å². The first-order valence-electron chi connectivity index (χ1n) is 9.70. The molecule has 0 rings (SSSR count). The number of allylic oxidation sites excluding steroid dienone is 2. The Morgan fingerprint density at radius 2 is 1.24 bits per heavy atom. The molecule has 0 aromatic heterocycles. The van der Waals surface area contributed by atoms with Gasteiger partial charge in [-0.25, -0.2) is 9.59 Å². The summed E-state index contributed by atoms with van der Waals surface area (Å²) in [4.78, 5) is 32.1. The average Bonchev–Trinajstić information content (AvgIpc) is 2.58. The predicted octanol–water partition coefficient (Wildman–Crippen LogP) is 5.18. The summed E-state index contributed by atoms with van der Waals surface area (Å²) >= 11 is 0. The average molecular weight is 354 g/mol. The van der Waals surface area contributed by atoms with E-state index < -0.39 is 17.9 Å². The van der Waals surface area contributed by atoms with E-state index in [1.54, 1.807) is 0 Å². The Bertz CT molecular complexity index is 401. The highest BCUT2D eigenvalue weighted by Crippen LogP contribution is 2.10. The first kappa shape index (κ1) is 23.4. The second-order valence-corrected chi connectivity index (χ2v) is 6.40. The quantitative estimate of drug-likeness (QED) is 0.144. The first-order chi connectivity index (χ1) is 12.1. The first-order valence-corrected chi connectivity index (χ1v) is 9.70. The van der Waals surface area contributed by atoms with Crippen LogP contribution in [-0.4, -0.2) is 23.0 Å². The predicted molar refractivity (Wildman–Crippen MR) is 98.2 cm³/mol. The molecular weight excluding hydrogens is 320 g/mol. The van der Waals surface area contributed by atoms with Gasteiger partial charge < -0.3 is 9.84 Å². The molecule has 25 heavy (non-hydrogen) atoms. The van der Waals surface area contributed by atoms with Crippen molar-refractivity contribution in [3.8, 4) is 0 Å². The molecule has 0 saturated heterocycles. The Morgan fingerprint density at radius 1 is 0.760 bits per heavy atom. The number of ether oxygens (including phenoxy) is 1. The second kappa shape index (κ2) is 17.2. The van der Waals surface area contributed by atoms with Crippen LogP contribution in [-0.2, 0) is 19.1 Å². The minimum absolute atomic E-state index is 0.0944. The number of carbonyl (C=O) groups is 3. The Kier molecular flexibility index (Phi) is 16.0. The summed E-state index contributed by atoms with van der Waals surface area (Å²) in [7, 11) is 0. The molecule has 0 radical (unpaired) electrons. The fourth-order valence-corrected chi connectivity index (χ4v) is 2.54. The van der Waals surface area contributed by atoms with Crippen molar-refractivity contribution < 1.29 is 24.2 Å². The molecule has 5 nitrogen and oxygen atoms in total. The lowest BCUT2D eigenvalue weighted by Crippen LogP contribution is -2.20. The second-order valence-electron chi connectivity index (χ2n) is 6.40. The zero-order chi connectivity index (χ0) is 18.8. The van der Waals surface area contributed by atoms with Crippen molar-refractivity contribution in [3.05, 3.63) is 12.2 Å². The van der Waals surface area contributed by atoms with Gasteiger partial charge in [0.1, 0.15) is 0 Å². The summed E-state index contributed by atoms with van der Waals surface area (Å²) in [5, 5.41) is 8.30. The van der Waals surface area contributed by atoms with Crippen LogP contribution < -0.4 is 0 Å². The topological polar surface area (TPSA) is 80.7 Å². The molecule has 0 aliphatic carbocycles. The summed E-state index contributed by atoms with van der Waals surface area (Å²) in [6.45, 7) is 2.24. The van der Waals surface area contributed by atoms with Crippen LogP contribution in [0.3, 0.4) is 0 Å². The maximum atomic E-state index is 11.2. The summed E-state index contributed by atoms with van der Waals surface area (Å²) in [6, 6.07) is 0. The minimum atomic E-state index is -1.74. The molecule has 0 fully saturated rings. The fourth-order valence-electron chi connectivity index (χ4n) is 2.54. The van der Waals surface area contributed by atoms with Gasteiger partial charge in [0.15, 0.2) is 0 Å². The van der Waals surface area contributed by atoms with E-state index in [1.165, 1.54) is 44.9 Å². The molecular formula is C20H34O5. The van der Waals surface area contributed by atoms with Crippen molar-refractivity contribution >= 4 is 17.9 Å². The van der Waals surface area contributed by atoms with Crippen molar-refractivity contribution in [1.82, 2.24) is 0 Å². The highest BCUT2D eigenvalue weighted by Gasteiger charge is 2.17. The summed E-state index contributed by atoms with van der Waals surface area (Å²) in [5.41, 5.74) is 0. The summed E-state index contributed by atoms with van der Waals surface area (Å²) in [5.74, 6) is -4.00.